The summed E-state index contributed by atoms with van der Waals surface area (Å²) in [6.07, 6.45) is 2.46. The highest BCUT2D eigenvalue weighted by Gasteiger charge is 2.23. The van der Waals surface area contributed by atoms with Crippen molar-refractivity contribution in [1.82, 2.24) is 10.2 Å². The quantitative estimate of drug-likeness (QED) is 0.905. The van der Waals surface area contributed by atoms with Gasteiger partial charge in [0.1, 0.15) is 5.82 Å². The van der Waals surface area contributed by atoms with Gasteiger partial charge < -0.3 is 5.32 Å². The molecule has 2 aliphatic heterocycles. The summed E-state index contributed by atoms with van der Waals surface area (Å²) >= 11 is 4.14. The molecule has 2 fully saturated rings. The number of nitrogens with one attached hydrogen (secondary N) is 1. The Labute approximate surface area is 141 Å². The fourth-order valence-corrected chi connectivity index (χ4v) is 5.67. The van der Waals surface area contributed by atoms with Crippen molar-refractivity contribution >= 4 is 23.5 Å². The minimum atomic E-state index is -0.0749. The molecule has 2 nitrogen and oxygen atoms in total. The minimum Gasteiger partial charge on any atom is -0.308 e. The number of rotatable bonds is 4. The summed E-state index contributed by atoms with van der Waals surface area (Å²) in [5.74, 6) is 4.96. The van der Waals surface area contributed by atoms with E-state index in [1.54, 1.807) is 12.1 Å². The van der Waals surface area contributed by atoms with Crippen LogP contribution in [-0.2, 0) is 6.54 Å². The third-order valence-electron chi connectivity index (χ3n) is 4.34. The first-order valence-corrected chi connectivity index (χ1v) is 10.5. The third kappa shape index (κ3) is 4.88. The SMILES string of the molecule is Fc1ccccc1CN1CCC[C@H](NC2CSCCSC2)C1. The van der Waals surface area contributed by atoms with Gasteiger partial charge in [-0.1, -0.05) is 18.2 Å². The highest BCUT2D eigenvalue weighted by Crippen LogP contribution is 2.20. The largest absolute Gasteiger partial charge is 0.308 e. The number of piperidine rings is 1. The van der Waals surface area contributed by atoms with Crippen LogP contribution in [0.15, 0.2) is 24.3 Å². The van der Waals surface area contributed by atoms with Gasteiger partial charge in [-0.15, -0.1) is 0 Å². The van der Waals surface area contributed by atoms with E-state index in [-0.39, 0.29) is 5.82 Å². The number of benzene rings is 1. The highest BCUT2D eigenvalue weighted by atomic mass is 32.2. The number of hydrogen-bond donors (Lipinski definition) is 1. The van der Waals surface area contributed by atoms with Crippen LogP contribution in [0.25, 0.3) is 0 Å². The lowest BCUT2D eigenvalue weighted by Gasteiger charge is -2.35. The van der Waals surface area contributed by atoms with Crippen molar-refractivity contribution in [1.29, 1.82) is 0 Å². The Morgan fingerprint density at radius 1 is 1.14 bits per heavy atom. The molecule has 1 N–H and O–H groups in total. The summed E-state index contributed by atoms with van der Waals surface area (Å²) in [5, 5.41) is 3.85. The number of nitrogens with zero attached hydrogens (tertiary/aromatic N) is 1. The molecule has 3 rings (SSSR count). The molecule has 0 saturated carbocycles. The van der Waals surface area contributed by atoms with Crippen molar-refractivity contribution in [2.75, 3.05) is 36.1 Å². The molecule has 0 amide bonds. The molecule has 0 spiro atoms. The van der Waals surface area contributed by atoms with Crippen molar-refractivity contribution in [3.05, 3.63) is 35.6 Å². The van der Waals surface area contributed by atoms with Crippen LogP contribution in [0.4, 0.5) is 4.39 Å². The normalized spacial score (nSPS) is 25.0. The lowest BCUT2D eigenvalue weighted by Crippen LogP contribution is -2.50. The van der Waals surface area contributed by atoms with Crippen LogP contribution in [0.1, 0.15) is 18.4 Å². The van der Waals surface area contributed by atoms with Crippen molar-refractivity contribution in [3.63, 3.8) is 0 Å². The minimum absolute atomic E-state index is 0.0749. The van der Waals surface area contributed by atoms with E-state index in [1.807, 2.05) is 12.1 Å². The number of likely N-dealkylation sites (tertiary alicyclic amines) is 1. The Morgan fingerprint density at radius 2 is 1.91 bits per heavy atom. The van der Waals surface area contributed by atoms with Crippen molar-refractivity contribution in [2.24, 2.45) is 0 Å². The van der Waals surface area contributed by atoms with Gasteiger partial charge in [0.25, 0.3) is 0 Å². The topological polar surface area (TPSA) is 15.3 Å². The maximum absolute atomic E-state index is 13.8. The van der Waals surface area contributed by atoms with Gasteiger partial charge >= 0.3 is 0 Å². The van der Waals surface area contributed by atoms with E-state index in [1.165, 1.54) is 35.9 Å². The van der Waals surface area contributed by atoms with Gasteiger partial charge in [0.05, 0.1) is 0 Å². The van der Waals surface area contributed by atoms with E-state index in [0.717, 1.165) is 25.2 Å². The van der Waals surface area contributed by atoms with Gasteiger partial charge in [0.2, 0.25) is 0 Å². The Hall–Kier alpha value is -0.230. The van der Waals surface area contributed by atoms with Crippen LogP contribution >= 0.6 is 23.5 Å². The van der Waals surface area contributed by atoms with E-state index in [2.05, 4.69) is 33.7 Å². The molecular formula is C17H25FN2S2. The van der Waals surface area contributed by atoms with E-state index in [0.29, 0.717) is 12.1 Å². The number of halogens is 1. The summed E-state index contributed by atoms with van der Waals surface area (Å²) in [5.41, 5.74) is 0.823. The van der Waals surface area contributed by atoms with Crippen LogP contribution in [0, 0.1) is 5.82 Å². The maximum Gasteiger partial charge on any atom is 0.127 e. The first-order chi connectivity index (χ1) is 10.8. The molecule has 2 aliphatic rings. The number of hydrogen-bond acceptors (Lipinski definition) is 4. The molecule has 5 heteroatoms. The predicted molar refractivity (Wildman–Crippen MR) is 96.3 cm³/mol. The van der Waals surface area contributed by atoms with E-state index >= 15 is 0 Å². The summed E-state index contributed by atoms with van der Waals surface area (Å²) in [6.45, 7) is 2.86. The second-order valence-corrected chi connectivity index (χ2v) is 8.48. The average Bonchev–Trinajstić information content (AvgIpc) is 2.79. The Balaban J connectivity index is 1.51. The van der Waals surface area contributed by atoms with Gasteiger partial charge in [0.15, 0.2) is 0 Å². The zero-order chi connectivity index (χ0) is 15.2. The standard InChI is InChI=1S/C17H25FN2S2/c18-17-6-2-1-4-14(17)10-20-7-3-5-15(11-20)19-16-12-21-8-9-22-13-16/h1-2,4,6,15-16,19H,3,5,7-13H2/t15-/m0/s1. The molecule has 0 aliphatic carbocycles. The zero-order valence-corrected chi connectivity index (χ0v) is 14.6. The summed E-state index contributed by atoms with van der Waals surface area (Å²) in [4.78, 5) is 2.40. The Kier molecular flexibility index (Phi) is 6.48. The monoisotopic (exact) mass is 340 g/mol. The van der Waals surface area contributed by atoms with Gasteiger partial charge in [-0.3, -0.25) is 4.90 Å². The molecule has 2 heterocycles. The van der Waals surface area contributed by atoms with Crippen LogP contribution in [0.3, 0.4) is 0 Å². The molecule has 0 radical (unpaired) electrons. The summed E-state index contributed by atoms with van der Waals surface area (Å²) < 4.78 is 13.8. The lowest BCUT2D eigenvalue weighted by molar-refractivity contribution is 0.177. The zero-order valence-electron chi connectivity index (χ0n) is 13.0. The average molecular weight is 341 g/mol. The fraction of sp³-hybridized carbons (Fsp3) is 0.647. The van der Waals surface area contributed by atoms with Gasteiger partial charge in [-0.2, -0.15) is 23.5 Å². The second kappa shape index (κ2) is 8.57. The molecular weight excluding hydrogens is 315 g/mol. The molecule has 0 bridgehead atoms. The van der Waals surface area contributed by atoms with Crippen LogP contribution < -0.4 is 5.32 Å². The smallest absolute Gasteiger partial charge is 0.127 e. The molecule has 1 aromatic carbocycles. The number of thioether (sulfide) groups is 2. The maximum atomic E-state index is 13.8. The fourth-order valence-electron chi connectivity index (χ4n) is 3.25. The van der Waals surface area contributed by atoms with Crippen LogP contribution in [-0.4, -0.2) is 53.1 Å². The van der Waals surface area contributed by atoms with E-state index in [9.17, 15) is 4.39 Å². The van der Waals surface area contributed by atoms with Gasteiger partial charge in [-0.05, 0) is 25.5 Å². The van der Waals surface area contributed by atoms with Crippen molar-refractivity contribution < 1.29 is 4.39 Å². The molecule has 22 heavy (non-hydrogen) atoms. The lowest BCUT2D eigenvalue weighted by atomic mass is 10.0. The predicted octanol–water partition coefficient (Wildman–Crippen LogP) is 3.23. The molecule has 1 atom stereocenters. The molecule has 122 valence electrons. The molecule has 2 saturated heterocycles. The molecule has 0 unspecified atom stereocenters. The highest BCUT2D eigenvalue weighted by molar-refractivity contribution is 8.03. The van der Waals surface area contributed by atoms with Gasteiger partial charge in [0, 0.05) is 53.7 Å². The summed E-state index contributed by atoms with van der Waals surface area (Å²) in [7, 11) is 0. The second-order valence-electron chi connectivity index (χ2n) is 6.18. The third-order valence-corrected chi connectivity index (χ3v) is 6.86. The Bertz CT molecular complexity index is 464. The van der Waals surface area contributed by atoms with Crippen molar-refractivity contribution in [3.8, 4) is 0 Å². The van der Waals surface area contributed by atoms with Crippen LogP contribution in [0.2, 0.25) is 0 Å². The summed E-state index contributed by atoms with van der Waals surface area (Å²) in [6, 6.07) is 8.36. The first kappa shape index (κ1) is 16.6. The molecule has 1 aromatic rings. The van der Waals surface area contributed by atoms with Gasteiger partial charge in [-0.25, -0.2) is 4.39 Å². The van der Waals surface area contributed by atoms with Crippen molar-refractivity contribution in [2.45, 2.75) is 31.5 Å². The Morgan fingerprint density at radius 3 is 2.68 bits per heavy atom. The van der Waals surface area contributed by atoms with Crippen LogP contribution in [0.5, 0.6) is 0 Å². The van der Waals surface area contributed by atoms with E-state index < -0.39 is 0 Å². The first-order valence-electron chi connectivity index (χ1n) is 8.18. The molecule has 0 aromatic heterocycles. The van der Waals surface area contributed by atoms with E-state index in [4.69, 9.17) is 0 Å².